The number of amides is 1. The van der Waals surface area contributed by atoms with Crippen molar-refractivity contribution < 1.29 is 9.21 Å². The van der Waals surface area contributed by atoms with Crippen molar-refractivity contribution in [1.29, 1.82) is 0 Å². The molecule has 2 N–H and O–H groups in total. The molecule has 1 fully saturated rings. The Morgan fingerprint density at radius 2 is 2.53 bits per heavy atom. The third kappa shape index (κ3) is 1.94. The fraction of sp³-hybridized carbons (Fsp3) is 0.500. The molecule has 1 atom stereocenters. The zero-order chi connectivity index (χ0) is 10.8. The molecule has 0 saturated carbocycles. The maximum Gasteiger partial charge on any atom is 0.258 e. The van der Waals surface area contributed by atoms with Gasteiger partial charge in [-0.25, -0.2) is 0 Å². The van der Waals surface area contributed by atoms with E-state index in [2.05, 4.69) is 15.9 Å². The smallest absolute Gasteiger partial charge is 0.258 e. The Bertz CT molecular complexity index is 364. The molecule has 1 aliphatic heterocycles. The molecular formula is C10H13BrN2O2. The van der Waals surface area contributed by atoms with Gasteiger partial charge in [-0.1, -0.05) is 0 Å². The van der Waals surface area contributed by atoms with E-state index in [4.69, 9.17) is 10.2 Å². The van der Waals surface area contributed by atoms with E-state index < -0.39 is 0 Å². The minimum atomic E-state index is 0.00331. The lowest BCUT2D eigenvalue weighted by Gasteiger charge is -2.22. The monoisotopic (exact) mass is 272 g/mol. The van der Waals surface area contributed by atoms with E-state index in [1.807, 2.05) is 4.90 Å². The average Bonchev–Trinajstić information content (AvgIpc) is 2.84. The number of hydrogen-bond donors (Lipinski definition) is 1. The highest BCUT2D eigenvalue weighted by Gasteiger charge is 2.29. The molecule has 0 bridgehead atoms. The molecule has 82 valence electrons. The van der Waals surface area contributed by atoms with Crippen LogP contribution in [-0.4, -0.2) is 29.9 Å². The summed E-state index contributed by atoms with van der Waals surface area (Å²) in [5.41, 5.74) is 6.20. The van der Waals surface area contributed by atoms with Gasteiger partial charge in [0.05, 0.1) is 11.8 Å². The molecule has 1 aromatic heterocycles. The average molecular weight is 273 g/mol. The van der Waals surface area contributed by atoms with Gasteiger partial charge in [0.1, 0.15) is 0 Å². The second-order valence-electron chi connectivity index (χ2n) is 3.64. The van der Waals surface area contributed by atoms with Gasteiger partial charge in [0.2, 0.25) is 0 Å². The lowest BCUT2D eigenvalue weighted by Crippen LogP contribution is -2.39. The number of rotatable bonds is 2. The summed E-state index contributed by atoms with van der Waals surface area (Å²) in [4.78, 5) is 13.9. The van der Waals surface area contributed by atoms with Crippen molar-refractivity contribution in [2.45, 2.75) is 18.9 Å². The number of likely N-dealkylation sites (tertiary alicyclic amines) is 1. The van der Waals surface area contributed by atoms with Crippen LogP contribution in [0.2, 0.25) is 0 Å². The Balaban J connectivity index is 2.18. The van der Waals surface area contributed by atoms with Gasteiger partial charge in [-0.2, -0.15) is 0 Å². The first-order valence-corrected chi connectivity index (χ1v) is 5.77. The second-order valence-corrected chi connectivity index (χ2v) is 4.36. The normalized spacial score (nSPS) is 20.9. The highest BCUT2D eigenvalue weighted by molar-refractivity contribution is 9.10. The largest absolute Gasteiger partial charge is 0.457 e. The standard InChI is InChI=1S/C10H13BrN2O2/c11-9-8(3-5-15-9)10(14)13-4-1-2-7(13)6-12/h3,5,7H,1-2,4,6,12H2. The number of halogens is 1. The summed E-state index contributed by atoms with van der Waals surface area (Å²) < 4.78 is 5.55. The molecule has 1 saturated heterocycles. The summed E-state index contributed by atoms with van der Waals surface area (Å²) in [5.74, 6) is 0.00331. The number of carbonyl (C=O) groups excluding carboxylic acids is 1. The van der Waals surface area contributed by atoms with Crippen molar-refractivity contribution in [3.8, 4) is 0 Å². The molecule has 2 rings (SSSR count). The summed E-state index contributed by atoms with van der Waals surface area (Å²) >= 11 is 3.21. The lowest BCUT2D eigenvalue weighted by molar-refractivity contribution is 0.0739. The minimum absolute atomic E-state index is 0.00331. The Kier molecular flexibility index (Phi) is 3.11. The number of nitrogens with zero attached hydrogens (tertiary/aromatic N) is 1. The van der Waals surface area contributed by atoms with Crippen LogP contribution in [0.1, 0.15) is 23.2 Å². The molecule has 15 heavy (non-hydrogen) atoms. The number of nitrogens with two attached hydrogens (primary N) is 1. The van der Waals surface area contributed by atoms with E-state index >= 15 is 0 Å². The van der Waals surface area contributed by atoms with Crippen LogP contribution in [0.25, 0.3) is 0 Å². The molecule has 1 unspecified atom stereocenters. The van der Waals surface area contributed by atoms with Gasteiger partial charge in [-0.05, 0) is 34.8 Å². The second kappa shape index (κ2) is 4.37. The van der Waals surface area contributed by atoms with E-state index in [1.165, 1.54) is 6.26 Å². The van der Waals surface area contributed by atoms with Crippen molar-refractivity contribution in [3.63, 3.8) is 0 Å². The molecular weight excluding hydrogens is 260 g/mol. The van der Waals surface area contributed by atoms with E-state index in [-0.39, 0.29) is 11.9 Å². The minimum Gasteiger partial charge on any atom is -0.457 e. The maximum atomic E-state index is 12.1. The number of carbonyl (C=O) groups is 1. The molecule has 5 heteroatoms. The number of furan rings is 1. The van der Waals surface area contributed by atoms with Crippen LogP contribution in [0.15, 0.2) is 21.4 Å². The summed E-state index contributed by atoms with van der Waals surface area (Å²) in [7, 11) is 0. The van der Waals surface area contributed by atoms with Crippen LogP contribution < -0.4 is 5.73 Å². The fourth-order valence-corrected chi connectivity index (χ4v) is 2.36. The van der Waals surface area contributed by atoms with Crippen LogP contribution in [0.5, 0.6) is 0 Å². The van der Waals surface area contributed by atoms with Crippen LogP contribution in [-0.2, 0) is 0 Å². The first-order chi connectivity index (χ1) is 7.24. The third-order valence-corrected chi connectivity index (χ3v) is 3.37. The van der Waals surface area contributed by atoms with E-state index in [1.54, 1.807) is 6.07 Å². The molecule has 4 nitrogen and oxygen atoms in total. The number of hydrogen-bond acceptors (Lipinski definition) is 3. The Hall–Kier alpha value is -0.810. The van der Waals surface area contributed by atoms with Gasteiger partial charge in [0, 0.05) is 19.1 Å². The quantitative estimate of drug-likeness (QED) is 0.890. The van der Waals surface area contributed by atoms with Gasteiger partial charge in [-0.15, -0.1) is 0 Å². The molecule has 1 aromatic rings. The zero-order valence-electron chi connectivity index (χ0n) is 8.28. The van der Waals surface area contributed by atoms with Crippen molar-refractivity contribution in [2.75, 3.05) is 13.1 Å². The fourth-order valence-electron chi connectivity index (χ4n) is 1.95. The Labute approximate surface area is 96.5 Å². The predicted molar refractivity (Wildman–Crippen MR) is 59.5 cm³/mol. The summed E-state index contributed by atoms with van der Waals surface area (Å²) in [6, 6.07) is 1.86. The van der Waals surface area contributed by atoms with Crippen LogP contribution in [0.4, 0.5) is 0 Å². The molecule has 0 spiro atoms. The first-order valence-electron chi connectivity index (χ1n) is 4.98. The summed E-state index contributed by atoms with van der Waals surface area (Å²) in [5, 5.41) is 0. The summed E-state index contributed by atoms with van der Waals surface area (Å²) in [6.07, 6.45) is 3.53. The van der Waals surface area contributed by atoms with E-state index in [0.29, 0.717) is 16.8 Å². The van der Waals surface area contributed by atoms with Crippen molar-refractivity contribution >= 4 is 21.8 Å². The van der Waals surface area contributed by atoms with Crippen LogP contribution >= 0.6 is 15.9 Å². The molecule has 0 radical (unpaired) electrons. The topological polar surface area (TPSA) is 59.5 Å². The van der Waals surface area contributed by atoms with Crippen LogP contribution in [0.3, 0.4) is 0 Å². The van der Waals surface area contributed by atoms with Crippen molar-refractivity contribution in [1.82, 2.24) is 4.90 Å². The molecule has 2 heterocycles. The maximum absolute atomic E-state index is 12.1. The summed E-state index contributed by atoms with van der Waals surface area (Å²) in [6.45, 7) is 1.32. The molecule has 0 aromatic carbocycles. The van der Waals surface area contributed by atoms with Crippen molar-refractivity contribution in [3.05, 3.63) is 22.6 Å². The van der Waals surface area contributed by atoms with Gasteiger partial charge in [0.25, 0.3) is 5.91 Å². The Morgan fingerprint density at radius 1 is 1.73 bits per heavy atom. The third-order valence-electron chi connectivity index (χ3n) is 2.76. The van der Waals surface area contributed by atoms with Crippen molar-refractivity contribution in [2.24, 2.45) is 5.73 Å². The highest BCUT2D eigenvalue weighted by atomic mass is 79.9. The van der Waals surface area contributed by atoms with Gasteiger partial charge in [0.15, 0.2) is 4.67 Å². The van der Waals surface area contributed by atoms with Gasteiger partial charge in [-0.3, -0.25) is 4.79 Å². The molecule has 1 amide bonds. The molecule has 0 aliphatic carbocycles. The highest BCUT2D eigenvalue weighted by Crippen LogP contribution is 2.24. The SMILES string of the molecule is NCC1CCCN1C(=O)c1ccoc1Br. The van der Waals surface area contributed by atoms with Gasteiger partial charge < -0.3 is 15.1 Å². The lowest BCUT2D eigenvalue weighted by atomic mass is 10.2. The van der Waals surface area contributed by atoms with Crippen LogP contribution in [0, 0.1) is 0 Å². The molecule has 1 aliphatic rings. The predicted octanol–water partition coefficient (Wildman–Crippen LogP) is 1.61. The van der Waals surface area contributed by atoms with Gasteiger partial charge >= 0.3 is 0 Å². The zero-order valence-corrected chi connectivity index (χ0v) is 9.87. The van der Waals surface area contributed by atoms with E-state index in [9.17, 15) is 4.79 Å². The van der Waals surface area contributed by atoms with E-state index in [0.717, 1.165) is 19.4 Å². The Morgan fingerprint density at radius 3 is 3.13 bits per heavy atom. The first kappa shape index (κ1) is 10.7.